The predicted molar refractivity (Wildman–Crippen MR) is 55.2 cm³/mol. The number of anilines is 1. The standard InChI is InChI=1S/C10H17N3/c1-7(2)9-6-10(13(4)5)12-8(3)11-9/h6-7H,1-5H3. The van der Waals surface area contributed by atoms with Crippen molar-refractivity contribution in [1.29, 1.82) is 0 Å². The van der Waals surface area contributed by atoms with Gasteiger partial charge >= 0.3 is 0 Å². The smallest absolute Gasteiger partial charge is 0.132 e. The zero-order chi connectivity index (χ0) is 10.0. The molecule has 3 heteroatoms. The fourth-order valence-electron chi connectivity index (χ4n) is 1.10. The lowest BCUT2D eigenvalue weighted by atomic mass is 10.1. The Hall–Kier alpha value is -1.12. The monoisotopic (exact) mass is 179 g/mol. The molecule has 72 valence electrons. The molecule has 0 saturated carbocycles. The first-order chi connectivity index (χ1) is 6.00. The van der Waals surface area contributed by atoms with E-state index in [0.29, 0.717) is 5.92 Å². The molecule has 3 nitrogen and oxygen atoms in total. The van der Waals surface area contributed by atoms with Gasteiger partial charge in [0.05, 0.1) is 0 Å². The van der Waals surface area contributed by atoms with E-state index in [1.807, 2.05) is 32.0 Å². The Bertz CT molecular complexity index is 266. The first-order valence-corrected chi connectivity index (χ1v) is 4.53. The van der Waals surface area contributed by atoms with Gasteiger partial charge in [0.1, 0.15) is 11.6 Å². The van der Waals surface area contributed by atoms with Crippen molar-refractivity contribution in [2.45, 2.75) is 26.7 Å². The van der Waals surface area contributed by atoms with Gasteiger partial charge in [-0.25, -0.2) is 9.97 Å². The molecule has 0 fully saturated rings. The summed E-state index contributed by atoms with van der Waals surface area (Å²) >= 11 is 0. The second kappa shape index (κ2) is 3.73. The second-order valence-electron chi connectivity index (χ2n) is 3.75. The number of aryl methyl sites for hydroxylation is 1. The molecule has 0 aliphatic heterocycles. The van der Waals surface area contributed by atoms with Crippen LogP contribution < -0.4 is 4.90 Å². The van der Waals surface area contributed by atoms with Crippen LogP contribution in [0.3, 0.4) is 0 Å². The zero-order valence-electron chi connectivity index (χ0n) is 9.00. The Morgan fingerprint density at radius 3 is 2.31 bits per heavy atom. The minimum Gasteiger partial charge on any atom is -0.363 e. The van der Waals surface area contributed by atoms with Crippen LogP contribution in [-0.4, -0.2) is 24.1 Å². The highest BCUT2D eigenvalue weighted by molar-refractivity contribution is 5.38. The Labute approximate surface area is 79.8 Å². The Balaban J connectivity index is 3.11. The van der Waals surface area contributed by atoms with Crippen LogP contribution in [0.5, 0.6) is 0 Å². The molecule has 0 N–H and O–H groups in total. The van der Waals surface area contributed by atoms with Gasteiger partial charge in [0.25, 0.3) is 0 Å². The van der Waals surface area contributed by atoms with E-state index in [2.05, 4.69) is 23.8 Å². The van der Waals surface area contributed by atoms with Crippen LogP contribution >= 0.6 is 0 Å². The van der Waals surface area contributed by atoms with Gasteiger partial charge in [0.15, 0.2) is 0 Å². The van der Waals surface area contributed by atoms with Crippen molar-refractivity contribution in [1.82, 2.24) is 9.97 Å². The minimum absolute atomic E-state index is 0.459. The molecular formula is C10H17N3. The van der Waals surface area contributed by atoms with Crippen molar-refractivity contribution in [3.8, 4) is 0 Å². The van der Waals surface area contributed by atoms with Gasteiger partial charge in [-0.05, 0) is 12.8 Å². The average Bonchev–Trinajstić information content (AvgIpc) is 2.03. The number of aromatic nitrogens is 2. The van der Waals surface area contributed by atoms with Crippen LogP contribution in [0.25, 0.3) is 0 Å². The molecule has 1 rings (SSSR count). The summed E-state index contributed by atoms with van der Waals surface area (Å²) in [5, 5.41) is 0. The number of hydrogen-bond donors (Lipinski definition) is 0. The normalized spacial score (nSPS) is 10.6. The molecule has 0 unspecified atom stereocenters. The van der Waals surface area contributed by atoms with Crippen LogP contribution in [-0.2, 0) is 0 Å². The summed E-state index contributed by atoms with van der Waals surface area (Å²) in [5.41, 5.74) is 1.11. The third-order valence-corrected chi connectivity index (χ3v) is 1.89. The molecule has 1 aromatic rings. The third-order valence-electron chi connectivity index (χ3n) is 1.89. The molecule has 0 aliphatic carbocycles. The summed E-state index contributed by atoms with van der Waals surface area (Å²) in [6, 6.07) is 2.04. The Kier molecular flexibility index (Phi) is 2.86. The van der Waals surface area contributed by atoms with Gasteiger partial charge in [0, 0.05) is 25.9 Å². The molecule has 0 aliphatic rings. The SMILES string of the molecule is Cc1nc(C(C)C)cc(N(C)C)n1. The second-order valence-corrected chi connectivity index (χ2v) is 3.75. The summed E-state index contributed by atoms with van der Waals surface area (Å²) in [4.78, 5) is 10.7. The lowest BCUT2D eigenvalue weighted by Crippen LogP contribution is -2.13. The van der Waals surface area contributed by atoms with Gasteiger partial charge in [-0.1, -0.05) is 13.8 Å². The van der Waals surface area contributed by atoms with Crippen LogP contribution in [0.4, 0.5) is 5.82 Å². The maximum atomic E-state index is 4.38. The average molecular weight is 179 g/mol. The number of rotatable bonds is 2. The van der Waals surface area contributed by atoms with Crippen LogP contribution in [0, 0.1) is 6.92 Å². The van der Waals surface area contributed by atoms with E-state index >= 15 is 0 Å². The van der Waals surface area contributed by atoms with Gasteiger partial charge in [0.2, 0.25) is 0 Å². The summed E-state index contributed by atoms with van der Waals surface area (Å²) < 4.78 is 0. The fourth-order valence-corrected chi connectivity index (χ4v) is 1.10. The highest BCUT2D eigenvalue weighted by Gasteiger charge is 2.06. The molecular weight excluding hydrogens is 162 g/mol. The quantitative estimate of drug-likeness (QED) is 0.695. The van der Waals surface area contributed by atoms with E-state index in [0.717, 1.165) is 17.3 Å². The van der Waals surface area contributed by atoms with E-state index in [-0.39, 0.29) is 0 Å². The molecule has 0 radical (unpaired) electrons. The van der Waals surface area contributed by atoms with Gasteiger partial charge < -0.3 is 4.90 Å². The maximum absolute atomic E-state index is 4.38. The van der Waals surface area contributed by atoms with Crippen LogP contribution in [0.2, 0.25) is 0 Å². The van der Waals surface area contributed by atoms with Crippen LogP contribution in [0.1, 0.15) is 31.3 Å². The van der Waals surface area contributed by atoms with E-state index in [9.17, 15) is 0 Å². The van der Waals surface area contributed by atoms with Gasteiger partial charge in [-0.2, -0.15) is 0 Å². The highest BCUT2D eigenvalue weighted by atomic mass is 15.1. The number of nitrogens with zero attached hydrogens (tertiary/aromatic N) is 3. The van der Waals surface area contributed by atoms with E-state index in [1.165, 1.54) is 0 Å². The summed E-state index contributed by atoms with van der Waals surface area (Å²) in [6.07, 6.45) is 0. The Morgan fingerprint density at radius 2 is 1.85 bits per heavy atom. The van der Waals surface area contributed by atoms with Crippen molar-refractivity contribution in [2.24, 2.45) is 0 Å². The fraction of sp³-hybridized carbons (Fsp3) is 0.600. The Morgan fingerprint density at radius 1 is 1.23 bits per heavy atom. The maximum Gasteiger partial charge on any atom is 0.132 e. The van der Waals surface area contributed by atoms with Crippen molar-refractivity contribution < 1.29 is 0 Å². The molecule has 0 saturated heterocycles. The van der Waals surface area contributed by atoms with E-state index in [1.54, 1.807) is 0 Å². The summed E-state index contributed by atoms with van der Waals surface area (Å²) in [6.45, 7) is 6.21. The molecule has 0 bridgehead atoms. The molecule has 1 heterocycles. The van der Waals surface area contributed by atoms with Crippen molar-refractivity contribution >= 4 is 5.82 Å². The molecule has 13 heavy (non-hydrogen) atoms. The third kappa shape index (κ3) is 2.41. The van der Waals surface area contributed by atoms with E-state index in [4.69, 9.17) is 0 Å². The molecule has 0 spiro atoms. The predicted octanol–water partition coefficient (Wildman–Crippen LogP) is 1.97. The highest BCUT2D eigenvalue weighted by Crippen LogP contribution is 2.16. The van der Waals surface area contributed by atoms with Crippen molar-refractivity contribution in [3.63, 3.8) is 0 Å². The largest absolute Gasteiger partial charge is 0.363 e. The molecule has 1 aromatic heterocycles. The lowest BCUT2D eigenvalue weighted by Gasteiger charge is -2.14. The van der Waals surface area contributed by atoms with Crippen molar-refractivity contribution in [2.75, 3.05) is 19.0 Å². The van der Waals surface area contributed by atoms with Gasteiger partial charge in [-0.3, -0.25) is 0 Å². The number of hydrogen-bond acceptors (Lipinski definition) is 3. The first kappa shape index (κ1) is 9.96. The molecule has 0 amide bonds. The lowest BCUT2D eigenvalue weighted by molar-refractivity contribution is 0.798. The summed E-state index contributed by atoms with van der Waals surface area (Å²) in [5.74, 6) is 2.28. The van der Waals surface area contributed by atoms with Crippen molar-refractivity contribution in [3.05, 3.63) is 17.6 Å². The topological polar surface area (TPSA) is 29.0 Å². The molecule has 0 aromatic carbocycles. The summed E-state index contributed by atoms with van der Waals surface area (Å²) in [7, 11) is 3.98. The minimum atomic E-state index is 0.459. The van der Waals surface area contributed by atoms with Crippen LogP contribution in [0.15, 0.2) is 6.07 Å². The molecule has 0 atom stereocenters. The van der Waals surface area contributed by atoms with Gasteiger partial charge in [-0.15, -0.1) is 0 Å². The zero-order valence-corrected chi connectivity index (χ0v) is 9.00. The van der Waals surface area contributed by atoms with E-state index < -0.39 is 0 Å². The first-order valence-electron chi connectivity index (χ1n) is 4.53.